The minimum atomic E-state index is -0.221. The normalized spacial score (nSPS) is 12.1. The molecule has 0 aliphatic rings. The van der Waals surface area contributed by atoms with Gasteiger partial charge in [0.05, 0.1) is 12.2 Å². The lowest BCUT2D eigenvalue weighted by Gasteiger charge is -2.26. The van der Waals surface area contributed by atoms with Gasteiger partial charge in [-0.3, -0.25) is 9.98 Å². The number of nitrogens with zero attached hydrogens (tertiary/aromatic N) is 2. The van der Waals surface area contributed by atoms with Crippen LogP contribution in [0.25, 0.3) is 0 Å². The van der Waals surface area contributed by atoms with E-state index in [9.17, 15) is 4.39 Å². The maximum Gasteiger partial charge on any atom is 0.191 e. The minimum Gasteiger partial charge on any atom is -0.356 e. The number of halogens is 1. The van der Waals surface area contributed by atoms with Crippen LogP contribution < -0.4 is 10.6 Å². The lowest BCUT2D eigenvalue weighted by molar-refractivity contribution is 0.503. The number of aryl methyl sites for hydroxylation is 1. The minimum absolute atomic E-state index is 0.214. The summed E-state index contributed by atoms with van der Waals surface area (Å²) in [6.07, 6.45) is 0. The first kappa shape index (κ1) is 17.9. The molecular formula is C19H25FN4. The molecule has 0 bridgehead atoms. The molecule has 0 aliphatic carbocycles. The van der Waals surface area contributed by atoms with E-state index in [4.69, 9.17) is 0 Å². The first-order chi connectivity index (χ1) is 11.4. The maximum atomic E-state index is 13.4. The summed E-state index contributed by atoms with van der Waals surface area (Å²) < 4.78 is 13.4. The van der Waals surface area contributed by atoms with Crippen LogP contribution in [0.2, 0.25) is 0 Å². The molecule has 4 nitrogen and oxygen atoms in total. The number of hydrogen-bond acceptors (Lipinski definition) is 2. The largest absolute Gasteiger partial charge is 0.356 e. The van der Waals surface area contributed by atoms with Gasteiger partial charge in [0.15, 0.2) is 5.96 Å². The number of rotatable bonds is 5. The van der Waals surface area contributed by atoms with Crippen molar-refractivity contribution in [3.8, 4) is 0 Å². The Kier molecular flexibility index (Phi) is 5.90. The molecule has 24 heavy (non-hydrogen) atoms. The molecule has 128 valence electrons. The lowest BCUT2D eigenvalue weighted by atomic mass is 9.84. The number of guanidine groups is 1. The zero-order chi connectivity index (χ0) is 17.6. The monoisotopic (exact) mass is 328 g/mol. The summed E-state index contributed by atoms with van der Waals surface area (Å²) in [5.74, 6) is 0.483. The quantitative estimate of drug-likeness (QED) is 0.655. The number of aromatic nitrogens is 1. The second kappa shape index (κ2) is 7.90. The fourth-order valence-corrected chi connectivity index (χ4v) is 2.41. The van der Waals surface area contributed by atoms with Crippen molar-refractivity contribution in [1.82, 2.24) is 15.6 Å². The molecule has 1 heterocycles. The van der Waals surface area contributed by atoms with Gasteiger partial charge in [0.25, 0.3) is 0 Å². The van der Waals surface area contributed by atoms with E-state index in [1.807, 2.05) is 31.2 Å². The van der Waals surface area contributed by atoms with Gasteiger partial charge >= 0.3 is 0 Å². The molecule has 1 aromatic carbocycles. The molecule has 0 radical (unpaired) electrons. The van der Waals surface area contributed by atoms with Crippen LogP contribution in [0.4, 0.5) is 4.39 Å². The van der Waals surface area contributed by atoms with Crippen molar-refractivity contribution in [2.75, 3.05) is 13.6 Å². The molecule has 0 fully saturated rings. The Morgan fingerprint density at radius 1 is 1.17 bits per heavy atom. The van der Waals surface area contributed by atoms with Crippen LogP contribution in [-0.4, -0.2) is 24.5 Å². The van der Waals surface area contributed by atoms with E-state index in [1.165, 1.54) is 6.07 Å². The fourth-order valence-electron chi connectivity index (χ4n) is 2.41. The average Bonchev–Trinajstić information content (AvgIpc) is 2.55. The van der Waals surface area contributed by atoms with E-state index in [0.717, 1.165) is 17.0 Å². The SMILES string of the molecule is CN=C(NCc1cccc(C)n1)NCC(C)(C)c1cccc(F)c1. The molecule has 0 aliphatic heterocycles. The summed E-state index contributed by atoms with van der Waals surface area (Å²) in [6.45, 7) is 7.35. The highest BCUT2D eigenvalue weighted by Crippen LogP contribution is 2.22. The summed E-state index contributed by atoms with van der Waals surface area (Å²) in [5, 5.41) is 6.55. The highest BCUT2D eigenvalue weighted by Gasteiger charge is 2.21. The van der Waals surface area contributed by atoms with Gasteiger partial charge in [-0.25, -0.2) is 4.39 Å². The van der Waals surface area contributed by atoms with Crippen LogP contribution in [0.15, 0.2) is 47.5 Å². The first-order valence-corrected chi connectivity index (χ1v) is 8.04. The first-order valence-electron chi connectivity index (χ1n) is 8.04. The standard InChI is InChI=1S/C19H25FN4/c1-14-7-5-10-17(24-14)12-22-18(21-4)23-13-19(2,3)15-8-6-9-16(20)11-15/h5-11H,12-13H2,1-4H3,(H2,21,22,23). The van der Waals surface area contributed by atoms with Gasteiger partial charge in [-0.05, 0) is 36.8 Å². The Morgan fingerprint density at radius 3 is 2.58 bits per heavy atom. The van der Waals surface area contributed by atoms with Crippen LogP contribution in [-0.2, 0) is 12.0 Å². The molecule has 0 saturated heterocycles. The van der Waals surface area contributed by atoms with Crippen molar-refractivity contribution in [2.45, 2.75) is 32.7 Å². The van der Waals surface area contributed by atoms with Gasteiger partial charge in [-0.15, -0.1) is 0 Å². The third-order valence-corrected chi connectivity index (χ3v) is 3.91. The van der Waals surface area contributed by atoms with Crippen LogP contribution in [0, 0.1) is 12.7 Å². The number of pyridine rings is 1. The van der Waals surface area contributed by atoms with Crippen LogP contribution in [0.5, 0.6) is 0 Å². The van der Waals surface area contributed by atoms with Gasteiger partial charge in [-0.2, -0.15) is 0 Å². The molecule has 2 N–H and O–H groups in total. The second-order valence-electron chi connectivity index (χ2n) is 6.44. The molecule has 0 spiro atoms. The molecule has 5 heteroatoms. The number of aliphatic imine (C=N–C) groups is 1. The van der Waals surface area contributed by atoms with Crippen molar-refractivity contribution in [1.29, 1.82) is 0 Å². The summed E-state index contributed by atoms with van der Waals surface area (Å²) in [5.41, 5.74) is 2.68. The Bertz CT molecular complexity index is 710. The van der Waals surface area contributed by atoms with Gasteiger partial charge in [0.2, 0.25) is 0 Å². The van der Waals surface area contributed by atoms with Crippen molar-refractivity contribution >= 4 is 5.96 Å². The molecule has 1 aromatic heterocycles. The summed E-state index contributed by atoms with van der Waals surface area (Å²) >= 11 is 0. The topological polar surface area (TPSA) is 49.3 Å². The van der Waals surface area contributed by atoms with E-state index >= 15 is 0 Å². The van der Waals surface area contributed by atoms with Crippen molar-refractivity contribution in [3.63, 3.8) is 0 Å². The third-order valence-electron chi connectivity index (χ3n) is 3.91. The van der Waals surface area contributed by atoms with E-state index in [1.54, 1.807) is 19.2 Å². The molecule has 0 atom stereocenters. The van der Waals surface area contributed by atoms with Crippen molar-refractivity contribution in [2.24, 2.45) is 4.99 Å². The van der Waals surface area contributed by atoms with Crippen LogP contribution >= 0.6 is 0 Å². The predicted octanol–water partition coefficient (Wildman–Crippen LogP) is 3.17. The highest BCUT2D eigenvalue weighted by molar-refractivity contribution is 5.79. The number of hydrogen-bond donors (Lipinski definition) is 2. The van der Waals surface area contributed by atoms with Crippen LogP contribution in [0.1, 0.15) is 30.8 Å². The van der Waals surface area contributed by atoms with Gasteiger partial charge in [-0.1, -0.05) is 32.0 Å². The zero-order valence-corrected chi connectivity index (χ0v) is 14.7. The smallest absolute Gasteiger partial charge is 0.191 e. The van der Waals surface area contributed by atoms with Crippen molar-refractivity contribution < 1.29 is 4.39 Å². The molecule has 0 saturated carbocycles. The Morgan fingerprint density at radius 2 is 1.92 bits per heavy atom. The Hall–Kier alpha value is -2.43. The molecular weight excluding hydrogens is 303 g/mol. The van der Waals surface area contributed by atoms with E-state index in [2.05, 4.69) is 34.5 Å². The van der Waals surface area contributed by atoms with Gasteiger partial charge in [0, 0.05) is 24.7 Å². The maximum absolute atomic E-state index is 13.4. The molecule has 0 unspecified atom stereocenters. The number of nitrogens with one attached hydrogen (secondary N) is 2. The lowest BCUT2D eigenvalue weighted by Crippen LogP contribution is -2.43. The van der Waals surface area contributed by atoms with E-state index < -0.39 is 0 Å². The fraction of sp³-hybridized carbons (Fsp3) is 0.368. The van der Waals surface area contributed by atoms with Gasteiger partial charge < -0.3 is 10.6 Å². The zero-order valence-electron chi connectivity index (χ0n) is 14.7. The van der Waals surface area contributed by atoms with Crippen LogP contribution in [0.3, 0.4) is 0 Å². The Labute approximate surface area is 143 Å². The van der Waals surface area contributed by atoms with E-state index in [0.29, 0.717) is 19.0 Å². The number of benzene rings is 1. The summed E-state index contributed by atoms with van der Waals surface area (Å²) in [6, 6.07) is 12.7. The van der Waals surface area contributed by atoms with Gasteiger partial charge in [0.1, 0.15) is 5.82 Å². The molecule has 2 aromatic rings. The summed E-state index contributed by atoms with van der Waals surface area (Å²) in [4.78, 5) is 8.69. The third kappa shape index (κ3) is 5.05. The predicted molar refractivity (Wildman–Crippen MR) is 96.6 cm³/mol. The van der Waals surface area contributed by atoms with Crippen molar-refractivity contribution in [3.05, 3.63) is 65.2 Å². The average molecular weight is 328 g/mol. The molecule has 2 rings (SSSR count). The Balaban J connectivity index is 1.93. The summed E-state index contributed by atoms with van der Waals surface area (Å²) in [7, 11) is 1.73. The second-order valence-corrected chi connectivity index (χ2v) is 6.44. The molecule has 0 amide bonds. The van der Waals surface area contributed by atoms with E-state index in [-0.39, 0.29) is 11.2 Å². The highest BCUT2D eigenvalue weighted by atomic mass is 19.1.